The van der Waals surface area contributed by atoms with Crippen LogP contribution in [0.5, 0.6) is 0 Å². The molecule has 1 aromatic heterocycles. The summed E-state index contributed by atoms with van der Waals surface area (Å²) in [4.78, 5) is 20.3. The monoisotopic (exact) mass is 293 g/mol. The lowest BCUT2D eigenvalue weighted by atomic mass is 9.51. The highest BCUT2D eigenvalue weighted by Crippen LogP contribution is 2.59. The summed E-state index contributed by atoms with van der Waals surface area (Å²) < 4.78 is 0. The molecule has 2 N–H and O–H groups in total. The van der Waals surface area contributed by atoms with Crippen LogP contribution < -0.4 is 5.32 Å². The maximum absolute atomic E-state index is 11.8. The molecule has 0 spiro atoms. The number of carboxylic acids is 1. The summed E-state index contributed by atoms with van der Waals surface area (Å²) in [6, 6.07) is 0.282. The first-order chi connectivity index (χ1) is 9.51. The van der Waals surface area contributed by atoms with Gasteiger partial charge in [0, 0.05) is 6.04 Å². The Labute approximate surface area is 121 Å². The van der Waals surface area contributed by atoms with Gasteiger partial charge in [0.05, 0.1) is 29.0 Å². The zero-order valence-corrected chi connectivity index (χ0v) is 11.7. The first-order valence-corrected chi connectivity index (χ1v) is 7.38. The molecule has 5 rings (SSSR count). The predicted octanol–water partition coefficient (Wildman–Crippen LogP) is 1.96. The lowest BCUT2D eigenvalue weighted by Gasteiger charge is -2.60. The maximum Gasteiger partial charge on any atom is 0.309 e. The molecule has 1 aromatic rings. The lowest BCUT2D eigenvalue weighted by molar-refractivity contribution is -0.166. The minimum atomic E-state index is -0.653. The summed E-state index contributed by atoms with van der Waals surface area (Å²) in [6.45, 7) is 0. The van der Waals surface area contributed by atoms with Crippen LogP contribution in [0.4, 0.5) is 0 Å². The van der Waals surface area contributed by atoms with Crippen LogP contribution in [-0.2, 0) is 10.3 Å². The number of hydrogen-bond acceptors (Lipinski definition) is 4. The molecule has 106 valence electrons. The molecule has 0 radical (unpaired) electrons. The van der Waals surface area contributed by atoms with Gasteiger partial charge in [-0.1, -0.05) is 11.6 Å². The third-order valence-corrected chi connectivity index (χ3v) is 5.45. The molecule has 4 atom stereocenters. The van der Waals surface area contributed by atoms with Gasteiger partial charge in [0.25, 0.3) is 0 Å². The number of rotatable bonds is 2. The van der Waals surface area contributed by atoms with Crippen molar-refractivity contribution in [2.45, 2.75) is 43.7 Å². The second-order valence-corrected chi connectivity index (χ2v) is 7.01. The largest absolute Gasteiger partial charge is 0.481 e. The van der Waals surface area contributed by atoms with E-state index in [1.165, 1.54) is 0 Å². The van der Waals surface area contributed by atoms with Crippen molar-refractivity contribution in [1.29, 1.82) is 0 Å². The Hall–Kier alpha value is -1.20. The predicted molar refractivity (Wildman–Crippen MR) is 72.3 cm³/mol. The van der Waals surface area contributed by atoms with Crippen LogP contribution in [0.3, 0.4) is 0 Å². The van der Waals surface area contributed by atoms with Crippen molar-refractivity contribution in [1.82, 2.24) is 15.3 Å². The molecular weight excluding hydrogens is 278 g/mol. The van der Waals surface area contributed by atoms with E-state index in [1.54, 1.807) is 12.4 Å². The van der Waals surface area contributed by atoms with Gasteiger partial charge in [0.15, 0.2) is 0 Å². The van der Waals surface area contributed by atoms with Crippen molar-refractivity contribution in [3.8, 4) is 0 Å². The minimum Gasteiger partial charge on any atom is -0.481 e. The van der Waals surface area contributed by atoms with Crippen LogP contribution in [-0.4, -0.2) is 27.1 Å². The van der Waals surface area contributed by atoms with E-state index < -0.39 is 11.4 Å². The number of halogens is 1. The first-order valence-electron chi connectivity index (χ1n) is 7.01. The smallest absolute Gasteiger partial charge is 0.309 e. The standard InChI is InChI=1S/C14H16ClN3O2/c15-11-6-16-10(5-17-11)14-3-8-1-9(18-14)4-13(2-8,7-14)12(19)20/h5-6,8-9,18H,1-4,7H2,(H,19,20). The SMILES string of the molecule is O=C(O)C12CC3CC(C1)NC(c1cnc(Cl)cn1)(C3)C2. The number of carbonyl (C=O) groups is 1. The van der Waals surface area contributed by atoms with Crippen LogP contribution in [0, 0.1) is 11.3 Å². The van der Waals surface area contributed by atoms with Gasteiger partial charge in [-0.3, -0.25) is 9.78 Å². The number of piperidine rings is 2. The van der Waals surface area contributed by atoms with E-state index in [9.17, 15) is 9.90 Å². The van der Waals surface area contributed by atoms with Crippen molar-refractivity contribution < 1.29 is 9.90 Å². The van der Waals surface area contributed by atoms with E-state index in [2.05, 4.69) is 15.3 Å². The van der Waals surface area contributed by atoms with Gasteiger partial charge in [-0.05, 0) is 38.0 Å². The number of nitrogens with zero attached hydrogens (tertiary/aromatic N) is 2. The summed E-state index contributed by atoms with van der Waals surface area (Å²) in [7, 11) is 0. The molecular formula is C14H16ClN3O2. The molecule has 0 amide bonds. The van der Waals surface area contributed by atoms with Gasteiger partial charge in [0.1, 0.15) is 5.15 Å². The number of aliphatic carboxylic acids is 1. The topological polar surface area (TPSA) is 75.1 Å². The zero-order chi connectivity index (χ0) is 14.0. The average Bonchev–Trinajstić information content (AvgIpc) is 2.37. The van der Waals surface area contributed by atoms with E-state index in [1.807, 2.05) is 0 Å². The van der Waals surface area contributed by atoms with E-state index in [0.29, 0.717) is 17.5 Å². The third-order valence-electron chi connectivity index (χ3n) is 5.26. The van der Waals surface area contributed by atoms with E-state index >= 15 is 0 Å². The minimum absolute atomic E-state index is 0.282. The summed E-state index contributed by atoms with van der Waals surface area (Å²) in [5, 5.41) is 13.7. The van der Waals surface area contributed by atoms with E-state index in [-0.39, 0.29) is 11.6 Å². The summed E-state index contributed by atoms with van der Waals surface area (Å²) >= 11 is 5.81. The van der Waals surface area contributed by atoms with Gasteiger partial charge in [0.2, 0.25) is 0 Å². The molecule has 2 saturated carbocycles. The molecule has 2 aliphatic heterocycles. The molecule has 4 unspecified atom stereocenters. The van der Waals surface area contributed by atoms with Crippen LogP contribution in [0.2, 0.25) is 5.15 Å². The fourth-order valence-corrected chi connectivity index (χ4v) is 4.91. The number of carboxylic acid groups (broad SMARTS) is 1. The highest BCUT2D eigenvalue weighted by molar-refractivity contribution is 6.29. The fourth-order valence-electron chi connectivity index (χ4n) is 4.81. The van der Waals surface area contributed by atoms with Crippen LogP contribution in [0.1, 0.15) is 37.8 Å². The normalized spacial score (nSPS) is 41.9. The first kappa shape index (κ1) is 12.5. The van der Waals surface area contributed by atoms with Crippen molar-refractivity contribution in [3.05, 3.63) is 23.2 Å². The molecule has 6 heteroatoms. The highest BCUT2D eigenvalue weighted by atomic mass is 35.5. The van der Waals surface area contributed by atoms with Gasteiger partial charge in [-0.2, -0.15) is 0 Å². The van der Waals surface area contributed by atoms with Gasteiger partial charge >= 0.3 is 5.97 Å². The summed E-state index contributed by atoms with van der Waals surface area (Å²) in [5.41, 5.74) is -0.0834. The second kappa shape index (κ2) is 3.92. The molecule has 2 aliphatic carbocycles. The maximum atomic E-state index is 11.8. The Kier molecular flexibility index (Phi) is 2.46. The third kappa shape index (κ3) is 1.63. The Bertz CT molecular complexity index is 560. The Morgan fingerprint density at radius 2 is 2.20 bits per heavy atom. The van der Waals surface area contributed by atoms with Crippen molar-refractivity contribution >= 4 is 17.6 Å². The van der Waals surface area contributed by atoms with Gasteiger partial charge in [-0.15, -0.1) is 0 Å². The number of aromatic nitrogens is 2. The van der Waals surface area contributed by atoms with Crippen molar-refractivity contribution in [2.75, 3.05) is 0 Å². The molecule has 20 heavy (non-hydrogen) atoms. The molecule has 3 heterocycles. The summed E-state index contributed by atoms with van der Waals surface area (Å²) in [6.07, 6.45) is 7.43. The average molecular weight is 294 g/mol. The van der Waals surface area contributed by atoms with Gasteiger partial charge in [-0.25, -0.2) is 4.98 Å². The second-order valence-electron chi connectivity index (χ2n) is 6.62. The van der Waals surface area contributed by atoms with E-state index in [4.69, 9.17) is 11.6 Å². The molecule has 5 nitrogen and oxygen atoms in total. The van der Waals surface area contributed by atoms with Crippen molar-refractivity contribution in [3.63, 3.8) is 0 Å². The molecule has 2 saturated heterocycles. The Morgan fingerprint density at radius 1 is 1.35 bits per heavy atom. The molecule has 4 fully saturated rings. The Morgan fingerprint density at radius 3 is 2.85 bits per heavy atom. The molecule has 4 aliphatic rings. The van der Waals surface area contributed by atoms with Crippen LogP contribution in [0.25, 0.3) is 0 Å². The van der Waals surface area contributed by atoms with Crippen molar-refractivity contribution in [2.24, 2.45) is 11.3 Å². The number of hydrogen-bond donors (Lipinski definition) is 2. The quantitative estimate of drug-likeness (QED) is 0.872. The molecule has 0 aromatic carbocycles. The van der Waals surface area contributed by atoms with Crippen LogP contribution in [0.15, 0.2) is 12.4 Å². The Balaban J connectivity index is 1.79. The van der Waals surface area contributed by atoms with E-state index in [0.717, 1.165) is 31.4 Å². The molecule has 4 bridgehead atoms. The van der Waals surface area contributed by atoms with Crippen LogP contribution >= 0.6 is 11.6 Å². The zero-order valence-electron chi connectivity index (χ0n) is 11.0. The fraction of sp³-hybridized carbons (Fsp3) is 0.643. The lowest BCUT2D eigenvalue weighted by Crippen LogP contribution is -2.67. The van der Waals surface area contributed by atoms with Gasteiger partial charge < -0.3 is 10.4 Å². The number of nitrogens with one attached hydrogen (secondary N) is 1. The highest BCUT2D eigenvalue weighted by Gasteiger charge is 2.61. The summed E-state index contributed by atoms with van der Waals surface area (Å²) in [5.74, 6) is -0.183.